The zero-order valence-electron chi connectivity index (χ0n) is 16.5. The van der Waals surface area contributed by atoms with Crippen molar-refractivity contribution in [2.45, 2.75) is 32.9 Å². The summed E-state index contributed by atoms with van der Waals surface area (Å²) in [6.07, 6.45) is 1.04. The number of amides is 1. The van der Waals surface area contributed by atoms with E-state index in [1.807, 2.05) is 39.2 Å². The van der Waals surface area contributed by atoms with Crippen LogP contribution in [0.3, 0.4) is 0 Å². The van der Waals surface area contributed by atoms with E-state index >= 15 is 0 Å². The highest BCUT2D eigenvalue weighted by molar-refractivity contribution is 7.18. The minimum Gasteiger partial charge on any atom is -0.335 e. The molecule has 5 heteroatoms. The minimum atomic E-state index is -0.0351. The first-order chi connectivity index (χ1) is 13.0. The molecular weight excluding hydrogens is 354 g/mol. The SMILES string of the molecule is CCc1ccc(CN(C)CC(=O)N(C)[C@H](C)c2nc3ccccc3s2)cc1. The predicted octanol–water partition coefficient (Wildman–Crippen LogP) is 4.51. The third-order valence-electron chi connectivity index (χ3n) is 4.93. The predicted molar refractivity (Wildman–Crippen MR) is 113 cm³/mol. The van der Waals surface area contributed by atoms with Crippen molar-refractivity contribution in [3.8, 4) is 0 Å². The number of hydrogen-bond acceptors (Lipinski definition) is 4. The number of thiazole rings is 1. The van der Waals surface area contributed by atoms with Gasteiger partial charge in [-0.2, -0.15) is 0 Å². The molecule has 0 bridgehead atoms. The Balaban J connectivity index is 1.60. The molecule has 0 saturated carbocycles. The van der Waals surface area contributed by atoms with Gasteiger partial charge >= 0.3 is 0 Å². The Morgan fingerprint density at radius 3 is 2.41 bits per heavy atom. The number of likely N-dealkylation sites (N-methyl/N-ethyl adjacent to an activating group) is 2. The number of aromatic nitrogens is 1. The van der Waals surface area contributed by atoms with Crippen LogP contribution in [0.2, 0.25) is 0 Å². The number of rotatable bonds is 7. The molecule has 3 aromatic rings. The summed E-state index contributed by atoms with van der Waals surface area (Å²) >= 11 is 1.66. The molecule has 1 heterocycles. The van der Waals surface area contributed by atoms with Crippen molar-refractivity contribution in [3.63, 3.8) is 0 Å². The monoisotopic (exact) mass is 381 g/mol. The van der Waals surface area contributed by atoms with Crippen LogP contribution in [0.15, 0.2) is 48.5 Å². The van der Waals surface area contributed by atoms with Crippen LogP contribution in [0.4, 0.5) is 0 Å². The Morgan fingerprint density at radius 1 is 1.07 bits per heavy atom. The Hall–Kier alpha value is -2.24. The first kappa shape index (κ1) is 19.5. The van der Waals surface area contributed by atoms with E-state index in [4.69, 9.17) is 4.98 Å². The summed E-state index contributed by atoms with van der Waals surface area (Å²) in [5.41, 5.74) is 3.56. The van der Waals surface area contributed by atoms with Crippen LogP contribution in [0.25, 0.3) is 10.2 Å². The number of carbonyl (C=O) groups is 1. The molecule has 0 unspecified atom stereocenters. The third-order valence-corrected chi connectivity index (χ3v) is 6.14. The van der Waals surface area contributed by atoms with Crippen LogP contribution in [0, 0.1) is 0 Å². The van der Waals surface area contributed by atoms with Gasteiger partial charge in [0.05, 0.1) is 22.8 Å². The van der Waals surface area contributed by atoms with Gasteiger partial charge < -0.3 is 4.90 Å². The van der Waals surface area contributed by atoms with Crippen LogP contribution in [0.1, 0.15) is 36.0 Å². The van der Waals surface area contributed by atoms with Crippen molar-refractivity contribution in [1.29, 1.82) is 0 Å². The Morgan fingerprint density at radius 2 is 1.74 bits per heavy atom. The molecule has 0 aliphatic heterocycles. The normalized spacial score (nSPS) is 12.5. The fourth-order valence-corrected chi connectivity index (χ4v) is 4.10. The van der Waals surface area contributed by atoms with Crippen molar-refractivity contribution < 1.29 is 4.79 Å². The van der Waals surface area contributed by atoms with E-state index < -0.39 is 0 Å². The zero-order valence-corrected chi connectivity index (χ0v) is 17.3. The van der Waals surface area contributed by atoms with E-state index in [0.717, 1.165) is 28.2 Å². The molecule has 0 saturated heterocycles. The van der Waals surface area contributed by atoms with Gasteiger partial charge in [-0.3, -0.25) is 9.69 Å². The largest absolute Gasteiger partial charge is 0.335 e. The van der Waals surface area contributed by atoms with Gasteiger partial charge in [0, 0.05) is 13.6 Å². The smallest absolute Gasteiger partial charge is 0.237 e. The number of para-hydroxylation sites is 1. The zero-order chi connectivity index (χ0) is 19.4. The summed E-state index contributed by atoms with van der Waals surface area (Å²) in [4.78, 5) is 21.3. The summed E-state index contributed by atoms with van der Waals surface area (Å²) in [6.45, 7) is 5.35. The number of aryl methyl sites for hydroxylation is 1. The highest BCUT2D eigenvalue weighted by atomic mass is 32.1. The van der Waals surface area contributed by atoms with E-state index in [-0.39, 0.29) is 11.9 Å². The number of fused-ring (bicyclic) bond motifs is 1. The molecular formula is C22H27N3OS. The number of nitrogens with zero attached hydrogens (tertiary/aromatic N) is 3. The van der Waals surface area contributed by atoms with Crippen molar-refractivity contribution in [1.82, 2.24) is 14.8 Å². The van der Waals surface area contributed by atoms with Gasteiger partial charge in [0.2, 0.25) is 5.91 Å². The van der Waals surface area contributed by atoms with Crippen molar-refractivity contribution in [3.05, 3.63) is 64.7 Å². The van der Waals surface area contributed by atoms with Crippen LogP contribution < -0.4 is 0 Å². The second kappa shape index (κ2) is 8.63. The third kappa shape index (κ3) is 4.73. The lowest BCUT2D eigenvalue weighted by atomic mass is 10.1. The standard InChI is InChI=1S/C22H27N3OS/c1-5-17-10-12-18(13-11-17)14-24(3)15-21(26)25(4)16(2)22-23-19-8-6-7-9-20(19)27-22/h6-13,16H,5,14-15H2,1-4H3/t16-/m1/s1. The van der Waals surface area contributed by atoms with Gasteiger partial charge in [-0.1, -0.05) is 43.3 Å². The summed E-state index contributed by atoms with van der Waals surface area (Å²) in [5.74, 6) is 0.106. The molecule has 27 heavy (non-hydrogen) atoms. The molecule has 0 aliphatic carbocycles. The van der Waals surface area contributed by atoms with Gasteiger partial charge in [0.1, 0.15) is 5.01 Å². The topological polar surface area (TPSA) is 36.4 Å². The molecule has 142 valence electrons. The highest BCUT2D eigenvalue weighted by Crippen LogP contribution is 2.28. The van der Waals surface area contributed by atoms with Crippen molar-refractivity contribution in [2.24, 2.45) is 0 Å². The van der Waals surface area contributed by atoms with Gasteiger partial charge in [-0.25, -0.2) is 4.98 Å². The quantitative estimate of drug-likeness (QED) is 0.604. The molecule has 0 fully saturated rings. The lowest BCUT2D eigenvalue weighted by Crippen LogP contribution is -2.37. The van der Waals surface area contributed by atoms with Crippen molar-refractivity contribution >= 4 is 27.5 Å². The molecule has 4 nitrogen and oxygen atoms in total. The number of hydrogen-bond donors (Lipinski definition) is 0. The lowest BCUT2D eigenvalue weighted by Gasteiger charge is -2.26. The Bertz CT molecular complexity index is 870. The fraction of sp³-hybridized carbons (Fsp3) is 0.364. The molecule has 2 aromatic carbocycles. The average molecular weight is 382 g/mol. The van der Waals surface area contributed by atoms with E-state index in [2.05, 4.69) is 42.2 Å². The first-order valence-electron chi connectivity index (χ1n) is 9.35. The van der Waals surface area contributed by atoms with Gasteiger partial charge in [-0.15, -0.1) is 11.3 Å². The molecule has 1 amide bonds. The molecule has 0 N–H and O–H groups in total. The van der Waals surface area contributed by atoms with E-state index in [1.165, 1.54) is 11.1 Å². The molecule has 1 aromatic heterocycles. The maximum Gasteiger partial charge on any atom is 0.237 e. The second-order valence-electron chi connectivity index (χ2n) is 7.04. The Labute approximate surface area is 165 Å². The lowest BCUT2D eigenvalue weighted by molar-refractivity contribution is -0.132. The molecule has 3 rings (SSSR count). The number of carbonyl (C=O) groups excluding carboxylic acids is 1. The maximum atomic E-state index is 12.7. The van der Waals surface area contributed by atoms with Crippen LogP contribution in [-0.4, -0.2) is 41.3 Å². The van der Waals surface area contributed by atoms with E-state index in [1.54, 1.807) is 16.2 Å². The van der Waals surface area contributed by atoms with Crippen molar-refractivity contribution in [2.75, 3.05) is 20.6 Å². The summed E-state index contributed by atoms with van der Waals surface area (Å²) in [7, 11) is 3.85. The fourth-order valence-electron chi connectivity index (χ4n) is 3.04. The molecule has 0 radical (unpaired) electrons. The molecule has 0 spiro atoms. The van der Waals surface area contributed by atoms with E-state index in [9.17, 15) is 4.79 Å². The summed E-state index contributed by atoms with van der Waals surface area (Å²) in [6, 6.07) is 16.7. The van der Waals surface area contributed by atoms with Crippen LogP contribution in [0.5, 0.6) is 0 Å². The van der Waals surface area contributed by atoms with Gasteiger partial charge in [0.25, 0.3) is 0 Å². The molecule has 0 aliphatic rings. The maximum absolute atomic E-state index is 12.7. The van der Waals surface area contributed by atoms with Crippen LogP contribution >= 0.6 is 11.3 Å². The minimum absolute atomic E-state index is 0.0351. The van der Waals surface area contributed by atoms with Crippen LogP contribution in [-0.2, 0) is 17.8 Å². The molecule has 1 atom stereocenters. The Kier molecular flexibility index (Phi) is 6.24. The first-order valence-corrected chi connectivity index (χ1v) is 10.2. The average Bonchev–Trinajstić information content (AvgIpc) is 3.11. The summed E-state index contributed by atoms with van der Waals surface area (Å²) < 4.78 is 1.16. The number of benzene rings is 2. The second-order valence-corrected chi connectivity index (χ2v) is 8.11. The van der Waals surface area contributed by atoms with E-state index in [0.29, 0.717) is 6.54 Å². The summed E-state index contributed by atoms with van der Waals surface area (Å²) in [5, 5.41) is 0.977. The highest BCUT2D eigenvalue weighted by Gasteiger charge is 2.21. The van der Waals surface area contributed by atoms with Gasteiger partial charge in [-0.05, 0) is 43.7 Å². The van der Waals surface area contributed by atoms with Gasteiger partial charge in [0.15, 0.2) is 0 Å².